The largest absolute Gasteiger partial charge is 0.481 e. The Hall–Kier alpha value is -1.29. The first kappa shape index (κ1) is 11.2. The van der Waals surface area contributed by atoms with E-state index in [1.165, 1.54) is 5.56 Å². The van der Waals surface area contributed by atoms with E-state index in [1.807, 2.05) is 6.07 Å². The van der Waals surface area contributed by atoms with Crippen molar-refractivity contribution in [3.05, 3.63) is 24.2 Å². The van der Waals surface area contributed by atoms with Gasteiger partial charge in [0.15, 0.2) is 0 Å². The minimum absolute atomic E-state index is 0.319. The molecule has 0 unspecified atom stereocenters. The topological polar surface area (TPSA) is 53.7 Å². The van der Waals surface area contributed by atoms with Gasteiger partial charge < -0.3 is 9.52 Å². The number of likely N-dealkylation sites (tertiary alicyclic amines) is 1. The number of carboxylic acids is 1. The van der Waals surface area contributed by atoms with Crippen molar-refractivity contribution in [1.82, 2.24) is 4.90 Å². The van der Waals surface area contributed by atoms with Crippen LogP contribution in [0.3, 0.4) is 0 Å². The average molecular weight is 223 g/mol. The molecule has 16 heavy (non-hydrogen) atoms. The van der Waals surface area contributed by atoms with Gasteiger partial charge in [-0.05, 0) is 37.9 Å². The summed E-state index contributed by atoms with van der Waals surface area (Å²) >= 11 is 0. The van der Waals surface area contributed by atoms with Gasteiger partial charge in [0.25, 0.3) is 0 Å². The third-order valence-electron chi connectivity index (χ3n) is 3.16. The fourth-order valence-electron chi connectivity index (χ4n) is 2.24. The number of hydrogen-bond acceptors (Lipinski definition) is 3. The summed E-state index contributed by atoms with van der Waals surface area (Å²) in [5, 5.41) is 8.71. The number of carboxylic acid groups (broad SMARTS) is 1. The normalized spacial score (nSPS) is 18.8. The molecule has 4 heteroatoms. The first-order valence-electron chi connectivity index (χ1n) is 5.69. The zero-order valence-electron chi connectivity index (χ0n) is 9.26. The van der Waals surface area contributed by atoms with E-state index < -0.39 is 5.97 Å². The van der Waals surface area contributed by atoms with E-state index in [0.29, 0.717) is 12.3 Å². The van der Waals surface area contributed by atoms with Crippen molar-refractivity contribution >= 4 is 5.97 Å². The van der Waals surface area contributed by atoms with Gasteiger partial charge in [0.05, 0.1) is 12.5 Å². The maximum absolute atomic E-state index is 10.6. The third kappa shape index (κ3) is 3.10. The summed E-state index contributed by atoms with van der Waals surface area (Å²) in [7, 11) is 0. The van der Waals surface area contributed by atoms with Gasteiger partial charge >= 0.3 is 5.97 Å². The molecule has 2 rings (SSSR count). The van der Waals surface area contributed by atoms with Crippen LogP contribution in [0, 0.1) is 5.92 Å². The van der Waals surface area contributed by atoms with Crippen molar-refractivity contribution in [2.24, 2.45) is 5.92 Å². The lowest BCUT2D eigenvalue weighted by molar-refractivity contribution is -0.138. The second kappa shape index (κ2) is 5.16. The van der Waals surface area contributed by atoms with Crippen LogP contribution in [0.1, 0.15) is 24.8 Å². The molecule has 1 aromatic rings. The summed E-state index contributed by atoms with van der Waals surface area (Å²) in [6.45, 7) is 2.89. The highest BCUT2D eigenvalue weighted by atomic mass is 16.4. The number of piperidine rings is 1. The summed E-state index contributed by atoms with van der Waals surface area (Å²) in [5.74, 6) is -0.314. The Morgan fingerprint density at radius 2 is 2.25 bits per heavy atom. The van der Waals surface area contributed by atoms with Gasteiger partial charge in [-0.3, -0.25) is 9.69 Å². The van der Waals surface area contributed by atoms with Crippen LogP contribution in [0.15, 0.2) is 23.0 Å². The molecule has 0 aromatic carbocycles. The van der Waals surface area contributed by atoms with Crippen LogP contribution in [0.4, 0.5) is 0 Å². The quantitative estimate of drug-likeness (QED) is 0.847. The van der Waals surface area contributed by atoms with Crippen LogP contribution in [0.25, 0.3) is 0 Å². The number of nitrogens with zero attached hydrogens (tertiary/aromatic N) is 1. The van der Waals surface area contributed by atoms with Gasteiger partial charge in [0.2, 0.25) is 0 Å². The fraction of sp³-hybridized carbons (Fsp3) is 0.583. The molecule has 0 aliphatic carbocycles. The van der Waals surface area contributed by atoms with E-state index in [1.54, 1.807) is 12.5 Å². The highest BCUT2D eigenvalue weighted by molar-refractivity contribution is 5.67. The molecule has 1 aromatic heterocycles. The monoisotopic (exact) mass is 223 g/mol. The molecule has 0 amide bonds. The molecule has 1 aliphatic heterocycles. The number of rotatable bonds is 4. The summed E-state index contributed by atoms with van der Waals surface area (Å²) < 4.78 is 5.03. The molecule has 0 saturated carbocycles. The van der Waals surface area contributed by atoms with Gasteiger partial charge in [-0.15, -0.1) is 0 Å². The zero-order valence-corrected chi connectivity index (χ0v) is 9.26. The van der Waals surface area contributed by atoms with Gasteiger partial charge in [0, 0.05) is 18.5 Å². The molecule has 1 aliphatic rings. The number of hydrogen-bond donors (Lipinski definition) is 1. The van der Waals surface area contributed by atoms with E-state index in [0.717, 1.165) is 32.5 Å². The van der Waals surface area contributed by atoms with Gasteiger partial charge in [-0.1, -0.05) is 0 Å². The first-order chi connectivity index (χ1) is 7.74. The SMILES string of the molecule is O=C(O)CC1CCN(Cc2ccoc2)CC1. The molecule has 88 valence electrons. The molecule has 2 heterocycles. The van der Waals surface area contributed by atoms with E-state index in [4.69, 9.17) is 9.52 Å². The molecule has 0 spiro atoms. The van der Waals surface area contributed by atoms with E-state index in [-0.39, 0.29) is 0 Å². The molecule has 0 atom stereocenters. The zero-order chi connectivity index (χ0) is 11.4. The number of carbonyl (C=O) groups is 1. The number of furan rings is 1. The lowest BCUT2D eigenvalue weighted by Crippen LogP contribution is -2.33. The Balaban J connectivity index is 1.75. The molecule has 0 bridgehead atoms. The van der Waals surface area contributed by atoms with Crippen molar-refractivity contribution in [2.45, 2.75) is 25.8 Å². The predicted octanol–water partition coefficient (Wildman–Crippen LogP) is 1.97. The standard InChI is InChI=1S/C12H17NO3/c14-12(15)7-10-1-4-13(5-2-10)8-11-3-6-16-9-11/h3,6,9-10H,1-2,4-5,7-8H2,(H,14,15). The lowest BCUT2D eigenvalue weighted by atomic mass is 9.93. The molecule has 4 nitrogen and oxygen atoms in total. The Morgan fingerprint density at radius 3 is 2.81 bits per heavy atom. The summed E-state index contributed by atoms with van der Waals surface area (Å²) in [6, 6.07) is 1.98. The van der Waals surface area contributed by atoms with Crippen molar-refractivity contribution < 1.29 is 14.3 Å². The summed E-state index contributed by atoms with van der Waals surface area (Å²) in [5.41, 5.74) is 1.19. The summed E-state index contributed by atoms with van der Waals surface area (Å²) in [4.78, 5) is 12.9. The second-order valence-electron chi connectivity index (χ2n) is 4.45. The highest BCUT2D eigenvalue weighted by Gasteiger charge is 2.21. The summed E-state index contributed by atoms with van der Waals surface area (Å²) in [6.07, 6.45) is 5.75. The highest BCUT2D eigenvalue weighted by Crippen LogP contribution is 2.21. The van der Waals surface area contributed by atoms with Crippen LogP contribution in [0.5, 0.6) is 0 Å². The molecule has 0 radical (unpaired) electrons. The van der Waals surface area contributed by atoms with Crippen LogP contribution in [-0.4, -0.2) is 29.1 Å². The van der Waals surface area contributed by atoms with Crippen molar-refractivity contribution in [1.29, 1.82) is 0 Å². The predicted molar refractivity (Wildman–Crippen MR) is 59.0 cm³/mol. The smallest absolute Gasteiger partial charge is 0.303 e. The Labute approximate surface area is 94.9 Å². The first-order valence-corrected chi connectivity index (χ1v) is 5.69. The molecular formula is C12H17NO3. The fourth-order valence-corrected chi connectivity index (χ4v) is 2.24. The Morgan fingerprint density at radius 1 is 1.50 bits per heavy atom. The Kier molecular flexibility index (Phi) is 3.62. The minimum Gasteiger partial charge on any atom is -0.481 e. The van der Waals surface area contributed by atoms with E-state index in [2.05, 4.69) is 4.90 Å². The lowest BCUT2D eigenvalue weighted by Gasteiger charge is -2.30. The molecule has 1 saturated heterocycles. The van der Waals surface area contributed by atoms with Gasteiger partial charge in [0.1, 0.15) is 0 Å². The maximum Gasteiger partial charge on any atom is 0.303 e. The van der Waals surface area contributed by atoms with Gasteiger partial charge in [-0.2, -0.15) is 0 Å². The minimum atomic E-state index is -0.673. The maximum atomic E-state index is 10.6. The van der Waals surface area contributed by atoms with E-state index in [9.17, 15) is 4.79 Å². The van der Waals surface area contributed by atoms with Crippen LogP contribution in [0.2, 0.25) is 0 Å². The van der Waals surface area contributed by atoms with Crippen molar-refractivity contribution in [3.8, 4) is 0 Å². The molecule has 1 N–H and O–H groups in total. The van der Waals surface area contributed by atoms with Crippen LogP contribution < -0.4 is 0 Å². The molecule has 1 fully saturated rings. The van der Waals surface area contributed by atoms with Gasteiger partial charge in [-0.25, -0.2) is 0 Å². The van der Waals surface area contributed by atoms with Crippen LogP contribution >= 0.6 is 0 Å². The van der Waals surface area contributed by atoms with E-state index >= 15 is 0 Å². The Bertz CT molecular complexity index is 326. The second-order valence-corrected chi connectivity index (χ2v) is 4.45. The van der Waals surface area contributed by atoms with Crippen LogP contribution in [-0.2, 0) is 11.3 Å². The van der Waals surface area contributed by atoms with Crippen molar-refractivity contribution in [3.63, 3.8) is 0 Å². The van der Waals surface area contributed by atoms with Crippen molar-refractivity contribution in [2.75, 3.05) is 13.1 Å². The number of aliphatic carboxylic acids is 1. The average Bonchev–Trinajstić information content (AvgIpc) is 2.73. The third-order valence-corrected chi connectivity index (χ3v) is 3.16. The molecular weight excluding hydrogens is 206 g/mol.